The summed E-state index contributed by atoms with van der Waals surface area (Å²) in [5.41, 5.74) is 6.51. The molecule has 1 aromatic heterocycles. The molecule has 33 heavy (non-hydrogen) atoms. The zero-order valence-electron chi connectivity index (χ0n) is 19.0. The summed E-state index contributed by atoms with van der Waals surface area (Å²) in [6.45, 7) is 5.11. The summed E-state index contributed by atoms with van der Waals surface area (Å²) >= 11 is 0. The van der Waals surface area contributed by atoms with Crippen LogP contribution in [0.5, 0.6) is 5.75 Å². The number of hydrogen-bond donors (Lipinski definition) is 1. The van der Waals surface area contributed by atoms with Crippen molar-refractivity contribution in [2.75, 3.05) is 6.61 Å². The Morgan fingerprint density at radius 2 is 1.67 bits per heavy atom. The summed E-state index contributed by atoms with van der Waals surface area (Å²) in [4.78, 5) is 9.50. The summed E-state index contributed by atoms with van der Waals surface area (Å²) in [6.07, 6.45) is 2.80. The number of ether oxygens (including phenoxy) is 1. The fourth-order valence-corrected chi connectivity index (χ4v) is 3.20. The predicted octanol–water partition coefficient (Wildman–Crippen LogP) is 6.36. The van der Waals surface area contributed by atoms with Crippen molar-refractivity contribution in [2.24, 2.45) is 16.0 Å². The number of aliphatic imine (C=N–C) groups is 1. The Kier molecular flexibility index (Phi) is 7.44. The molecular weight excluding hydrogens is 408 g/mol. The quantitative estimate of drug-likeness (QED) is 0.199. The third-order valence-electron chi connectivity index (χ3n) is 5.07. The van der Waals surface area contributed by atoms with Gasteiger partial charge < -0.3 is 4.74 Å². The molecule has 166 valence electrons. The number of nitrogens with one attached hydrogen (secondary N) is 1. The van der Waals surface area contributed by atoms with Gasteiger partial charge >= 0.3 is 0 Å². The minimum Gasteiger partial charge on any atom is -0.494 e. The number of pyridine rings is 1. The number of fused-ring (bicyclic) bond motifs is 1. The van der Waals surface area contributed by atoms with Crippen molar-refractivity contribution in [3.05, 3.63) is 102 Å². The van der Waals surface area contributed by atoms with Crippen molar-refractivity contribution < 1.29 is 4.74 Å². The third kappa shape index (κ3) is 6.50. The van der Waals surface area contributed by atoms with Gasteiger partial charge in [-0.25, -0.2) is 9.98 Å². The van der Waals surface area contributed by atoms with Crippen LogP contribution >= 0.6 is 0 Å². The summed E-state index contributed by atoms with van der Waals surface area (Å²) in [5.74, 6) is 2.08. The lowest BCUT2D eigenvalue weighted by atomic mass is 10.1. The summed E-state index contributed by atoms with van der Waals surface area (Å²) in [6, 6.07) is 29.7. The topological polar surface area (TPSA) is 58.9 Å². The van der Waals surface area contributed by atoms with Gasteiger partial charge in [0.25, 0.3) is 0 Å². The van der Waals surface area contributed by atoms with Crippen LogP contribution in [0.3, 0.4) is 0 Å². The van der Waals surface area contributed by atoms with Crippen LogP contribution in [0.15, 0.2) is 101 Å². The second-order valence-corrected chi connectivity index (χ2v) is 8.16. The number of benzene rings is 3. The molecule has 1 heterocycles. The first-order valence-corrected chi connectivity index (χ1v) is 11.2. The molecule has 5 heteroatoms. The first-order chi connectivity index (χ1) is 16.2. The van der Waals surface area contributed by atoms with E-state index in [9.17, 15) is 0 Å². The van der Waals surface area contributed by atoms with Crippen LogP contribution in [0.2, 0.25) is 0 Å². The van der Waals surface area contributed by atoms with Crippen molar-refractivity contribution in [3.8, 4) is 5.75 Å². The van der Waals surface area contributed by atoms with Gasteiger partial charge in [0.15, 0.2) is 5.84 Å². The minimum atomic E-state index is 0.580. The van der Waals surface area contributed by atoms with Crippen LogP contribution in [0.1, 0.15) is 31.5 Å². The van der Waals surface area contributed by atoms with Gasteiger partial charge in [-0.2, -0.15) is 5.10 Å². The van der Waals surface area contributed by atoms with E-state index in [2.05, 4.69) is 24.4 Å². The Balaban J connectivity index is 1.51. The average molecular weight is 437 g/mol. The molecule has 0 aliphatic carbocycles. The zero-order chi connectivity index (χ0) is 22.9. The second kappa shape index (κ2) is 11.0. The molecule has 0 aliphatic rings. The number of amidine groups is 1. The number of para-hydroxylation sites is 2. The second-order valence-electron chi connectivity index (χ2n) is 8.16. The third-order valence-corrected chi connectivity index (χ3v) is 5.07. The molecule has 1 N–H and O–H groups in total. The number of hydrazone groups is 1. The van der Waals surface area contributed by atoms with Crippen LogP contribution in [0.4, 0.5) is 5.69 Å². The van der Waals surface area contributed by atoms with Gasteiger partial charge in [0.05, 0.1) is 24.0 Å². The van der Waals surface area contributed by atoms with Gasteiger partial charge in [0, 0.05) is 5.39 Å². The molecule has 0 saturated heterocycles. The molecule has 0 fully saturated rings. The fraction of sp³-hybridized carbons (Fsp3) is 0.179. The highest BCUT2D eigenvalue weighted by molar-refractivity contribution is 6.00. The van der Waals surface area contributed by atoms with E-state index in [1.165, 1.54) is 0 Å². The Hall–Kier alpha value is -3.99. The van der Waals surface area contributed by atoms with Crippen molar-refractivity contribution in [1.29, 1.82) is 0 Å². The standard InChI is InChI=1S/C28H28N4O/c1-21(2)18-19-33-25-15-12-22(13-16-25)20-29-32-28(30-24-9-4-3-5-10-24)27-17-14-23-8-6-7-11-26(23)31-27/h3-17,20-21H,18-19H2,1-2H3,(H,30,32)/b29-20+. The average Bonchev–Trinajstić information content (AvgIpc) is 2.84. The van der Waals surface area contributed by atoms with Gasteiger partial charge in [-0.1, -0.05) is 56.3 Å². The van der Waals surface area contributed by atoms with E-state index in [1.807, 2.05) is 91.0 Å². The fourth-order valence-electron chi connectivity index (χ4n) is 3.20. The van der Waals surface area contributed by atoms with Gasteiger partial charge in [-0.05, 0) is 66.4 Å². The molecule has 4 rings (SSSR count). The van der Waals surface area contributed by atoms with E-state index in [1.54, 1.807) is 6.21 Å². The van der Waals surface area contributed by atoms with Crippen molar-refractivity contribution >= 4 is 28.6 Å². The SMILES string of the molecule is CC(C)CCOc1ccc(/C=N/NC(=Nc2ccccc2)c2ccc3ccccc3n2)cc1. The highest BCUT2D eigenvalue weighted by atomic mass is 16.5. The zero-order valence-corrected chi connectivity index (χ0v) is 19.0. The Morgan fingerprint density at radius 3 is 2.45 bits per heavy atom. The van der Waals surface area contributed by atoms with Crippen LogP contribution < -0.4 is 10.2 Å². The number of aromatic nitrogens is 1. The maximum absolute atomic E-state index is 5.79. The molecule has 0 bridgehead atoms. The van der Waals surface area contributed by atoms with E-state index in [-0.39, 0.29) is 0 Å². The monoisotopic (exact) mass is 436 g/mol. The normalized spacial score (nSPS) is 11.9. The Labute approximate surface area is 194 Å². The van der Waals surface area contributed by atoms with Gasteiger partial charge in [0.2, 0.25) is 0 Å². The molecule has 3 aromatic carbocycles. The van der Waals surface area contributed by atoms with E-state index in [0.717, 1.165) is 46.6 Å². The number of nitrogens with zero attached hydrogens (tertiary/aromatic N) is 3. The van der Waals surface area contributed by atoms with Gasteiger partial charge in [0.1, 0.15) is 11.4 Å². The van der Waals surface area contributed by atoms with Crippen molar-refractivity contribution in [1.82, 2.24) is 10.4 Å². The van der Waals surface area contributed by atoms with Crippen LogP contribution in [0.25, 0.3) is 10.9 Å². The van der Waals surface area contributed by atoms with Crippen molar-refractivity contribution in [3.63, 3.8) is 0 Å². The van der Waals surface area contributed by atoms with E-state index in [4.69, 9.17) is 14.7 Å². The van der Waals surface area contributed by atoms with E-state index >= 15 is 0 Å². The molecule has 0 spiro atoms. The maximum atomic E-state index is 5.79. The molecule has 0 radical (unpaired) electrons. The highest BCUT2D eigenvalue weighted by Crippen LogP contribution is 2.16. The number of rotatable bonds is 8. The molecule has 0 atom stereocenters. The molecule has 5 nitrogen and oxygen atoms in total. The van der Waals surface area contributed by atoms with Gasteiger partial charge in [-0.3, -0.25) is 5.43 Å². The molecule has 0 saturated carbocycles. The lowest BCUT2D eigenvalue weighted by Gasteiger charge is -2.08. The van der Waals surface area contributed by atoms with Crippen molar-refractivity contribution in [2.45, 2.75) is 20.3 Å². The summed E-state index contributed by atoms with van der Waals surface area (Å²) in [7, 11) is 0. The lowest BCUT2D eigenvalue weighted by molar-refractivity contribution is 0.289. The van der Waals surface area contributed by atoms with E-state index in [0.29, 0.717) is 11.8 Å². The smallest absolute Gasteiger partial charge is 0.173 e. The predicted molar refractivity (Wildman–Crippen MR) is 137 cm³/mol. The summed E-state index contributed by atoms with van der Waals surface area (Å²) < 4.78 is 5.79. The maximum Gasteiger partial charge on any atom is 0.173 e. The van der Waals surface area contributed by atoms with E-state index < -0.39 is 0 Å². The first-order valence-electron chi connectivity index (χ1n) is 11.2. The molecular formula is C28H28N4O. The summed E-state index contributed by atoms with van der Waals surface area (Å²) in [5, 5.41) is 5.51. The van der Waals surface area contributed by atoms with Crippen LogP contribution in [0, 0.1) is 5.92 Å². The lowest BCUT2D eigenvalue weighted by Crippen LogP contribution is -2.20. The highest BCUT2D eigenvalue weighted by Gasteiger charge is 2.06. The molecule has 0 unspecified atom stereocenters. The van der Waals surface area contributed by atoms with Crippen LogP contribution in [-0.2, 0) is 0 Å². The molecule has 0 amide bonds. The largest absolute Gasteiger partial charge is 0.494 e. The van der Waals surface area contributed by atoms with Gasteiger partial charge in [-0.15, -0.1) is 0 Å². The molecule has 4 aromatic rings. The first kappa shape index (κ1) is 22.2. The Morgan fingerprint density at radius 1 is 0.909 bits per heavy atom. The Bertz CT molecular complexity index is 1230. The molecule has 0 aliphatic heterocycles. The van der Waals surface area contributed by atoms with Crippen LogP contribution in [-0.4, -0.2) is 23.6 Å². The number of hydrogen-bond acceptors (Lipinski definition) is 4. The minimum absolute atomic E-state index is 0.580.